The highest BCUT2D eigenvalue weighted by atomic mass is 32.2. The number of hydrogen-bond donors (Lipinski definition) is 1. The lowest BCUT2D eigenvalue weighted by atomic mass is 10.2. The highest BCUT2D eigenvalue weighted by Crippen LogP contribution is 2.31. The topological polar surface area (TPSA) is 67.2 Å². The number of hydrogen-bond acceptors (Lipinski definition) is 5. The first-order valence-electron chi connectivity index (χ1n) is 7.32. The highest BCUT2D eigenvalue weighted by Gasteiger charge is 2.37. The van der Waals surface area contributed by atoms with Gasteiger partial charge in [0.1, 0.15) is 10.0 Å². The number of aryl methyl sites for hydroxylation is 2. The van der Waals surface area contributed by atoms with Gasteiger partial charge in [0.15, 0.2) is 0 Å². The van der Waals surface area contributed by atoms with Crippen LogP contribution in [-0.4, -0.2) is 41.9 Å². The molecule has 0 radical (unpaired) electrons. The van der Waals surface area contributed by atoms with E-state index in [1.54, 1.807) is 16.6 Å². The molecule has 2 aromatic heterocycles. The number of nitrogens with one attached hydrogen (secondary N) is 1. The second-order valence-electron chi connectivity index (χ2n) is 5.31. The van der Waals surface area contributed by atoms with Gasteiger partial charge < -0.3 is 9.88 Å². The molecule has 3 heterocycles. The van der Waals surface area contributed by atoms with Gasteiger partial charge in [-0.15, -0.1) is 11.3 Å². The predicted octanol–water partition coefficient (Wildman–Crippen LogP) is 1.38. The molecule has 6 nitrogen and oxygen atoms in total. The van der Waals surface area contributed by atoms with Crippen molar-refractivity contribution in [2.75, 3.05) is 19.6 Å². The first-order valence-corrected chi connectivity index (χ1v) is 9.58. The molecule has 1 fully saturated rings. The summed E-state index contributed by atoms with van der Waals surface area (Å²) in [5.41, 5.74) is 0. The number of sulfonamides is 1. The fourth-order valence-electron chi connectivity index (χ4n) is 2.69. The summed E-state index contributed by atoms with van der Waals surface area (Å²) in [6.07, 6.45) is 4.40. The van der Waals surface area contributed by atoms with Gasteiger partial charge in [-0.25, -0.2) is 13.4 Å². The Balaban J connectivity index is 1.98. The van der Waals surface area contributed by atoms with Gasteiger partial charge >= 0.3 is 0 Å². The van der Waals surface area contributed by atoms with Crippen molar-refractivity contribution in [2.45, 2.75) is 23.6 Å². The van der Waals surface area contributed by atoms with E-state index < -0.39 is 10.0 Å². The SMILES string of the molecule is CCc1ccc(S(=O)(=O)N2CCNCC2c2nccn2C)s1. The van der Waals surface area contributed by atoms with Gasteiger partial charge in [-0.2, -0.15) is 4.31 Å². The number of rotatable bonds is 4. The van der Waals surface area contributed by atoms with Gasteiger partial charge in [0.05, 0.1) is 6.04 Å². The molecule has 3 rings (SSSR count). The highest BCUT2D eigenvalue weighted by molar-refractivity contribution is 7.91. The van der Waals surface area contributed by atoms with Gasteiger partial charge in [0.2, 0.25) is 0 Å². The summed E-state index contributed by atoms with van der Waals surface area (Å²) >= 11 is 1.36. The zero-order chi connectivity index (χ0) is 15.7. The van der Waals surface area contributed by atoms with E-state index in [4.69, 9.17) is 0 Å². The minimum Gasteiger partial charge on any atom is -0.337 e. The summed E-state index contributed by atoms with van der Waals surface area (Å²) in [6.45, 7) is 3.73. The molecule has 2 aromatic rings. The molecule has 0 bridgehead atoms. The zero-order valence-electron chi connectivity index (χ0n) is 12.7. The van der Waals surface area contributed by atoms with Gasteiger partial charge in [-0.1, -0.05) is 6.92 Å². The van der Waals surface area contributed by atoms with Crippen LogP contribution in [0, 0.1) is 0 Å². The van der Waals surface area contributed by atoms with E-state index in [2.05, 4.69) is 10.3 Å². The van der Waals surface area contributed by atoms with Crippen molar-refractivity contribution >= 4 is 21.4 Å². The number of thiophene rings is 1. The molecule has 1 unspecified atom stereocenters. The lowest BCUT2D eigenvalue weighted by Crippen LogP contribution is -2.49. The molecular formula is C14H20N4O2S2. The van der Waals surface area contributed by atoms with Crippen molar-refractivity contribution in [3.05, 3.63) is 35.2 Å². The van der Waals surface area contributed by atoms with Crippen molar-refractivity contribution in [1.82, 2.24) is 19.2 Å². The number of nitrogens with zero attached hydrogens (tertiary/aromatic N) is 3. The van der Waals surface area contributed by atoms with E-state index in [1.807, 2.05) is 30.8 Å². The van der Waals surface area contributed by atoms with E-state index in [9.17, 15) is 8.42 Å². The monoisotopic (exact) mass is 340 g/mol. The molecule has 22 heavy (non-hydrogen) atoms. The standard InChI is InChI=1S/C14H20N4O2S2/c1-3-11-4-5-13(21-11)22(19,20)18-9-6-15-10-12(18)14-16-7-8-17(14)2/h4-5,7-8,12,15H,3,6,9-10H2,1-2H3. The molecule has 1 atom stereocenters. The van der Waals surface area contributed by atoms with Crippen LogP contribution in [0.2, 0.25) is 0 Å². The lowest BCUT2D eigenvalue weighted by Gasteiger charge is -2.34. The molecule has 0 amide bonds. The Morgan fingerprint density at radius 3 is 2.91 bits per heavy atom. The van der Waals surface area contributed by atoms with E-state index in [0.29, 0.717) is 23.8 Å². The minimum absolute atomic E-state index is 0.272. The average Bonchev–Trinajstić information content (AvgIpc) is 3.16. The van der Waals surface area contributed by atoms with Crippen LogP contribution in [0.5, 0.6) is 0 Å². The van der Waals surface area contributed by atoms with E-state index >= 15 is 0 Å². The summed E-state index contributed by atoms with van der Waals surface area (Å²) in [4.78, 5) is 5.42. The molecule has 1 N–H and O–H groups in total. The van der Waals surface area contributed by atoms with Crippen LogP contribution < -0.4 is 5.32 Å². The second-order valence-corrected chi connectivity index (χ2v) is 8.59. The van der Waals surface area contributed by atoms with Crippen molar-refractivity contribution in [3.8, 4) is 0 Å². The smallest absolute Gasteiger partial charge is 0.253 e. The van der Waals surface area contributed by atoms with Gasteiger partial charge in [-0.3, -0.25) is 0 Å². The Morgan fingerprint density at radius 2 is 2.27 bits per heavy atom. The Bertz CT molecular complexity index is 750. The Morgan fingerprint density at radius 1 is 1.45 bits per heavy atom. The Labute approximate surface area is 134 Å². The van der Waals surface area contributed by atoms with E-state index in [0.717, 1.165) is 17.1 Å². The number of aromatic nitrogens is 2. The third-order valence-electron chi connectivity index (χ3n) is 3.90. The van der Waals surface area contributed by atoms with Crippen LogP contribution in [0.3, 0.4) is 0 Å². The zero-order valence-corrected chi connectivity index (χ0v) is 14.3. The van der Waals surface area contributed by atoms with Crippen molar-refractivity contribution in [2.24, 2.45) is 7.05 Å². The maximum atomic E-state index is 13.0. The molecule has 8 heteroatoms. The van der Waals surface area contributed by atoms with Crippen LogP contribution in [-0.2, 0) is 23.5 Å². The van der Waals surface area contributed by atoms with Gasteiger partial charge in [0, 0.05) is 44.0 Å². The third-order valence-corrected chi connectivity index (χ3v) is 7.50. The molecule has 0 saturated carbocycles. The maximum absolute atomic E-state index is 13.0. The van der Waals surface area contributed by atoms with Crippen molar-refractivity contribution < 1.29 is 8.42 Å². The molecule has 1 aliphatic rings. The summed E-state index contributed by atoms with van der Waals surface area (Å²) in [5, 5.41) is 3.26. The van der Waals surface area contributed by atoms with Crippen LogP contribution >= 0.6 is 11.3 Å². The first-order chi connectivity index (χ1) is 10.5. The first kappa shape index (κ1) is 15.7. The molecule has 120 valence electrons. The largest absolute Gasteiger partial charge is 0.337 e. The quantitative estimate of drug-likeness (QED) is 0.913. The average molecular weight is 340 g/mol. The molecule has 0 aromatic carbocycles. The predicted molar refractivity (Wildman–Crippen MR) is 86.4 cm³/mol. The maximum Gasteiger partial charge on any atom is 0.253 e. The summed E-state index contributed by atoms with van der Waals surface area (Å²) < 4.78 is 29.9. The Kier molecular flexibility index (Phi) is 4.35. The minimum atomic E-state index is -3.48. The molecular weight excluding hydrogens is 320 g/mol. The van der Waals surface area contributed by atoms with Crippen LogP contribution in [0.15, 0.2) is 28.7 Å². The van der Waals surface area contributed by atoms with Crippen molar-refractivity contribution in [3.63, 3.8) is 0 Å². The molecule has 1 saturated heterocycles. The van der Waals surface area contributed by atoms with Gasteiger partial charge in [0.25, 0.3) is 10.0 Å². The molecule has 0 aliphatic carbocycles. The lowest BCUT2D eigenvalue weighted by molar-refractivity contribution is 0.259. The number of imidazole rings is 1. The van der Waals surface area contributed by atoms with E-state index in [1.165, 1.54) is 11.3 Å². The summed E-state index contributed by atoms with van der Waals surface area (Å²) in [7, 11) is -1.59. The summed E-state index contributed by atoms with van der Waals surface area (Å²) in [6, 6.07) is 3.34. The fraction of sp³-hybridized carbons (Fsp3) is 0.500. The molecule has 1 aliphatic heterocycles. The molecule has 0 spiro atoms. The number of piperazine rings is 1. The summed E-state index contributed by atoms with van der Waals surface area (Å²) in [5.74, 6) is 0.767. The van der Waals surface area contributed by atoms with Crippen LogP contribution in [0.4, 0.5) is 0 Å². The van der Waals surface area contributed by atoms with Crippen molar-refractivity contribution in [1.29, 1.82) is 0 Å². The normalized spacial score (nSPS) is 20.4. The fourth-order valence-corrected chi connectivity index (χ4v) is 5.71. The third kappa shape index (κ3) is 2.71. The van der Waals surface area contributed by atoms with Crippen LogP contribution in [0.25, 0.3) is 0 Å². The van der Waals surface area contributed by atoms with E-state index in [-0.39, 0.29) is 6.04 Å². The van der Waals surface area contributed by atoms with Crippen LogP contribution in [0.1, 0.15) is 23.7 Å². The van der Waals surface area contributed by atoms with Gasteiger partial charge in [-0.05, 0) is 18.6 Å². The Hall–Kier alpha value is -1.22. The second kappa shape index (κ2) is 6.11.